The largest absolute Gasteiger partial charge is 0.457 e. The third-order valence-electron chi connectivity index (χ3n) is 6.23. The molecule has 2 aromatic carbocycles. The summed E-state index contributed by atoms with van der Waals surface area (Å²) in [6, 6.07) is 16.9. The van der Waals surface area contributed by atoms with Gasteiger partial charge in [-0.05, 0) is 48.1 Å². The Bertz CT molecular complexity index is 1000. The van der Waals surface area contributed by atoms with E-state index in [2.05, 4.69) is 5.32 Å². The van der Waals surface area contributed by atoms with Crippen LogP contribution in [-0.4, -0.2) is 29.2 Å². The third-order valence-corrected chi connectivity index (χ3v) is 6.23. The van der Waals surface area contributed by atoms with E-state index in [0.29, 0.717) is 12.3 Å². The molecule has 0 radical (unpaired) electrons. The molecule has 4 unspecified atom stereocenters. The van der Waals surface area contributed by atoms with Crippen LogP contribution < -0.4 is 10.1 Å². The Balaban J connectivity index is 1.18. The number of ether oxygens (including phenoxy) is 1. The highest BCUT2D eigenvalue weighted by molar-refractivity contribution is 6.08. The van der Waals surface area contributed by atoms with Crippen molar-refractivity contribution in [3.63, 3.8) is 0 Å². The van der Waals surface area contributed by atoms with Crippen molar-refractivity contribution in [2.75, 3.05) is 6.54 Å². The molecule has 2 bridgehead atoms. The van der Waals surface area contributed by atoms with E-state index in [9.17, 15) is 14.4 Å². The minimum Gasteiger partial charge on any atom is -0.457 e. The van der Waals surface area contributed by atoms with Crippen LogP contribution in [-0.2, 0) is 20.9 Å². The van der Waals surface area contributed by atoms with Crippen molar-refractivity contribution in [2.24, 2.45) is 23.7 Å². The van der Waals surface area contributed by atoms with Gasteiger partial charge >= 0.3 is 0 Å². The zero-order valence-electron chi connectivity index (χ0n) is 16.4. The van der Waals surface area contributed by atoms with E-state index in [1.165, 1.54) is 0 Å². The number of benzene rings is 2. The van der Waals surface area contributed by atoms with Crippen LogP contribution in [0.1, 0.15) is 12.0 Å². The van der Waals surface area contributed by atoms with Crippen LogP contribution >= 0.6 is 0 Å². The number of hydrogen-bond acceptors (Lipinski definition) is 4. The summed E-state index contributed by atoms with van der Waals surface area (Å²) in [6.07, 6.45) is 4.98. The summed E-state index contributed by atoms with van der Waals surface area (Å²) in [5.74, 6) is 0.428. The van der Waals surface area contributed by atoms with Gasteiger partial charge in [0, 0.05) is 6.54 Å². The monoisotopic (exact) mass is 402 g/mol. The number of imide groups is 1. The summed E-state index contributed by atoms with van der Waals surface area (Å²) in [7, 11) is 0. The molecule has 0 spiro atoms. The fraction of sp³-hybridized carbons (Fsp3) is 0.292. The van der Waals surface area contributed by atoms with E-state index >= 15 is 0 Å². The molecule has 2 fully saturated rings. The number of rotatable bonds is 6. The Morgan fingerprint density at radius 3 is 2.30 bits per heavy atom. The lowest BCUT2D eigenvalue weighted by atomic mass is 9.85. The van der Waals surface area contributed by atoms with E-state index in [4.69, 9.17) is 4.74 Å². The minimum absolute atomic E-state index is 0.150. The van der Waals surface area contributed by atoms with Gasteiger partial charge in [0.15, 0.2) is 0 Å². The molecule has 2 aromatic rings. The highest BCUT2D eigenvalue weighted by Crippen LogP contribution is 2.52. The molecule has 1 N–H and O–H groups in total. The molecule has 2 aliphatic carbocycles. The predicted molar refractivity (Wildman–Crippen MR) is 109 cm³/mol. The van der Waals surface area contributed by atoms with Crippen LogP contribution in [0.2, 0.25) is 0 Å². The first-order valence-corrected chi connectivity index (χ1v) is 10.2. The van der Waals surface area contributed by atoms with E-state index in [1.807, 2.05) is 66.7 Å². The molecule has 3 amide bonds. The molecule has 152 valence electrons. The molecule has 0 aromatic heterocycles. The van der Waals surface area contributed by atoms with Crippen molar-refractivity contribution in [3.8, 4) is 11.5 Å². The fourth-order valence-corrected chi connectivity index (χ4v) is 4.86. The number of nitrogens with one attached hydrogen (secondary N) is 1. The Labute approximate surface area is 174 Å². The van der Waals surface area contributed by atoms with Gasteiger partial charge in [0.1, 0.15) is 18.0 Å². The quantitative estimate of drug-likeness (QED) is 0.596. The number of carbonyl (C=O) groups excluding carboxylic acids is 3. The van der Waals surface area contributed by atoms with Crippen LogP contribution in [0.15, 0.2) is 66.7 Å². The van der Waals surface area contributed by atoms with E-state index in [1.54, 1.807) is 0 Å². The van der Waals surface area contributed by atoms with E-state index in [-0.39, 0.29) is 47.9 Å². The fourth-order valence-electron chi connectivity index (χ4n) is 4.86. The average Bonchev–Trinajstić information content (AvgIpc) is 3.44. The number of allylic oxidation sites excluding steroid dienone is 2. The predicted octanol–water partition coefficient (Wildman–Crippen LogP) is 2.90. The van der Waals surface area contributed by atoms with Crippen molar-refractivity contribution in [1.82, 2.24) is 10.2 Å². The van der Waals surface area contributed by atoms with Crippen molar-refractivity contribution in [3.05, 3.63) is 72.3 Å². The van der Waals surface area contributed by atoms with Gasteiger partial charge in [-0.25, -0.2) is 0 Å². The van der Waals surface area contributed by atoms with Crippen molar-refractivity contribution in [2.45, 2.75) is 13.0 Å². The second kappa shape index (κ2) is 7.44. The lowest BCUT2D eigenvalue weighted by molar-refractivity contribution is -0.144. The Hall–Kier alpha value is -3.41. The zero-order valence-corrected chi connectivity index (χ0v) is 16.4. The van der Waals surface area contributed by atoms with Crippen molar-refractivity contribution >= 4 is 17.7 Å². The van der Waals surface area contributed by atoms with Gasteiger partial charge in [0.25, 0.3) is 0 Å². The molecular formula is C24H22N2O4. The molecule has 6 nitrogen and oxygen atoms in total. The number of carbonyl (C=O) groups is 3. The maximum absolute atomic E-state index is 12.7. The number of likely N-dealkylation sites (tertiary alicyclic amines) is 1. The highest BCUT2D eigenvalue weighted by Gasteiger charge is 2.59. The lowest BCUT2D eigenvalue weighted by Gasteiger charge is -2.17. The molecule has 1 saturated heterocycles. The molecule has 30 heavy (non-hydrogen) atoms. The third kappa shape index (κ3) is 3.28. The second-order valence-corrected chi connectivity index (χ2v) is 8.10. The summed E-state index contributed by atoms with van der Waals surface area (Å²) in [5.41, 5.74) is 0.870. The summed E-state index contributed by atoms with van der Waals surface area (Å²) in [6.45, 7) is 0.0744. The van der Waals surface area contributed by atoms with Gasteiger partial charge in [0.05, 0.1) is 11.8 Å². The zero-order chi connectivity index (χ0) is 20.7. The normalized spacial score (nSPS) is 26.2. The summed E-state index contributed by atoms with van der Waals surface area (Å²) < 4.78 is 5.81. The topological polar surface area (TPSA) is 75.7 Å². The van der Waals surface area contributed by atoms with Crippen LogP contribution in [0.25, 0.3) is 0 Å². The van der Waals surface area contributed by atoms with Gasteiger partial charge in [-0.15, -0.1) is 0 Å². The SMILES string of the molecule is O=C(CN1C(=O)C2C3C=CC(C3)C2C1=O)NCc1cccc(Oc2ccccc2)c1. The molecule has 6 heteroatoms. The smallest absolute Gasteiger partial charge is 0.240 e. The molecular weight excluding hydrogens is 380 g/mol. The molecule has 1 heterocycles. The van der Waals surface area contributed by atoms with Gasteiger partial charge in [-0.2, -0.15) is 0 Å². The Morgan fingerprint density at radius 2 is 1.60 bits per heavy atom. The van der Waals surface area contributed by atoms with Crippen molar-refractivity contribution < 1.29 is 19.1 Å². The standard InChI is InChI=1S/C24H22N2O4/c27-20(14-26-23(28)21-16-9-10-17(12-16)22(21)24(26)29)25-13-15-5-4-8-19(11-15)30-18-6-2-1-3-7-18/h1-11,16-17,21-22H,12-14H2,(H,25,27). The molecule has 4 atom stereocenters. The highest BCUT2D eigenvalue weighted by atomic mass is 16.5. The first-order valence-electron chi connectivity index (χ1n) is 10.2. The van der Waals surface area contributed by atoms with Crippen LogP contribution in [0.3, 0.4) is 0 Å². The van der Waals surface area contributed by atoms with E-state index < -0.39 is 0 Å². The maximum Gasteiger partial charge on any atom is 0.240 e. The number of nitrogens with zero attached hydrogens (tertiary/aromatic N) is 1. The summed E-state index contributed by atoms with van der Waals surface area (Å²) >= 11 is 0. The summed E-state index contributed by atoms with van der Waals surface area (Å²) in [5, 5.41) is 2.81. The Morgan fingerprint density at radius 1 is 0.933 bits per heavy atom. The first-order chi connectivity index (χ1) is 14.6. The van der Waals surface area contributed by atoms with Crippen LogP contribution in [0, 0.1) is 23.7 Å². The molecule has 1 saturated carbocycles. The van der Waals surface area contributed by atoms with Crippen molar-refractivity contribution in [1.29, 1.82) is 0 Å². The summed E-state index contributed by atoms with van der Waals surface area (Å²) in [4.78, 5) is 39.0. The maximum atomic E-state index is 12.7. The number of amides is 3. The van der Waals surface area contributed by atoms with Crippen LogP contribution in [0.4, 0.5) is 0 Å². The molecule has 3 aliphatic rings. The van der Waals surface area contributed by atoms with Crippen LogP contribution in [0.5, 0.6) is 11.5 Å². The number of fused-ring (bicyclic) bond motifs is 5. The Kier molecular flexibility index (Phi) is 4.62. The lowest BCUT2D eigenvalue weighted by Crippen LogP contribution is -2.41. The second-order valence-electron chi connectivity index (χ2n) is 8.10. The van der Waals surface area contributed by atoms with E-state index in [0.717, 1.165) is 22.6 Å². The van der Waals surface area contributed by atoms with Gasteiger partial charge in [0.2, 0.25) is 17.7 Å². The van der Waals surface area contributed by atoms with Gasteiger partial charge < -0.3 is 10.1 Å². The molecule has 1 aliphatic heterocycles. The number of para-hydroxylation sites is 1. The minimum atomic E-state index is -0.341. The van der Waals surface area contributed by atoms with Gasteiger partial charge in [-0.3, -0.25) is 19.3 Å². The molecule has 5 rings (SSSR count). The first kappa shape index (κ1) is 18.6. The average molecular weight is 402 g/mol. The van der Waals surface area contributed by atoms with Gasteiger partial charge in [-0.1, -0.05) is 42.5 Å². The number of hydrogen-bond donors (Lipinski definition) is 1.